The lowest BCUT2D eigenvalue weighted by atomic mass is 10.1. The highest BCUT2D eigenvalue weighted by Crippen LogP contribution is 2.34. The SMILES string of the molecule is CCc1cc(OC)c(SC)cc1OC. The highest BCUT2D eigenvalue weighted by Gasteiger charge is 2.08. The van der Waals surface area contributed by atoms with Crippen molar-refractivity contribution in [2.75, 3.05) is 20.5 Å². The van der Waals surface area contributed by atoms with Gasteiger partial charge in [0.2, 0.25) is 0 Å². The smallest absolute Gasteiger partial charge is 0.132 e. The summed E-state index contributed by atoms with van der Waals surface area (Å²) in [5.41, 5.74) is 1.18. The number of rotatable bonds is 4. The number of methoxy groups -OCH3 is 2. The van der Waals surface area contributed by atoms with Crippen molar-refractivity contribution in [1.29, 1.82) is 0 Å². The fourth-order valence-corrected chi connectivity index (χ4v) is 1.94. The normalized spacial score (nSPS) is 10.0. The second-order valence-corrected chi connectivity index (χ2v) is 3.72. The van der Waals surface area contributed by atoms with Crippen LogP contribution in [0.25, 0.3) is 0 Å². The van der Waals surface area contributed by atoms with Crippen molar-refractivity contribution < 1.29 is 9.47 Å². The van der Waals surface area contributed by atoms with E-state index in [2.05, 4.69) is 6.92 Å². The van der Waals surface area contributed by atoms with Crippen LogP contribution in [0.2, 0.25) is 0 Å². The molecule has 0 heterocycles. The van der Waals surface area contributed by atoms with Gasteiger partial charge in [-0.25, -0.2) is 0 Å². The molecule has 0 radical (unpaired) electrons. The Balaban J connectivity index is 3.20. The Morgan fingerprint density at radius 1 is 1.14 bits per heavy atom. The third-order valence-electron chi connectivity index (χ3n) is 2.17. The minimum absolute atomic E-state index is 0.926. The second kappa shape index (κ2) is 5.15. The lowest BCUT2D eigenvalue weighted by molar-refractivity contribution is 0.391. The van der Waals surface area contributed by atoms with Crippen molar-refractivity contribution in [3.8, 4) is 11.5 Å². The number of hydrogen-bond acceptors (Lipinski definition) is 3. The molecule has 0 aliphatic carbocycles. The zero-order valence-electron chi connectivity index (χ0n) is 9.09. The van der Waals surface area contributed by atoms with Gasteiger partial charge in [-0.3, -0.25) is 0 Å². The van der Waals surface area contributed by atoms with E-state index in [1.165, 1.54) is 5.56 Å². The van der Waals surface area contributed by atoms with E-state index in [0.717, 1.165) is 22.8 Å². The first kappa shape index (κ1) is 11.2. The summed E-state index contributed by atoms with van der Waals surface area (Å²) in [7, 11) is 3.39. The van der Waals surface area contributed by atoms with E-state index in [1.54, 1.807) is 26.0 Å². The number of hydrogen-bond donors (Lipinski definition) is 0. The molecule has 0 aliphatic heterocycles. The van der Waals surface area contributed by atoms with E-state index < -0.39 is 0 Å². The van der Waals surface area contributed by atoms with E-state index in [1.807, 2.05) is 18.4 Å². The van der Waals surface area contributed by atoms with Gasteiger partial charge in [0.1, 0.15) is 11.5 Å². The highest BCUT2D eigenvalue weighted by molar-refractivity contribution is 7.98. The van der Waals surface area contributed by atoms with Gasteiger partial charge in [0, 0.05) is 0 Å². The summed E-state index contributed by atoms with van der Waals surface area (Å²) in [6.45, 7) is 2.11. The van der Waals surface area contributed by atoms with Gasteiger partial charge in [-0.1, -0.05) is 6.92 Å². The number of thioether (sulfide) groups is 1. The van der Waals surface area contributed by atoms with E-state index >= 15 is 0 Å². The van der Waals surface area contributed by atoms with Crippen LogP contribution in [0.1, 0.15) is 12.5 Å². The predicted octanol–water partition coefficient (Wildman–Crippen LogP) is 2.99. The fourth-order valence-electron chi connectivity index (χ4n) is 1.37. The minimum Gasteiger partial charge on any atom is -0.496 e. The van der Waals surface area contributed by atoms with Gasteiger partial charge in [0.05, 0.1) is 19.1 Å². The molecule has 0 amide bonds. The van der Waals surface area contributed by atoms with Gasteiger partial charge in [0.15, 0.2) is 0 Å². The Morgan fingerprint density at radius 3 is 2.21 bits per heavy atom. The quantitative estimate of drug-likeness (QED) is 0.715. The summed E-state index contributed by atoms with van der Waals surface area (Å²) in [6.07, 6.45) is 2.98. The Bertz CT molecular complexity index is 252. The van der Waals surface area contributed by atoms with Crippen LogP contribution >= 0.6 is 11.8 Å². The van der Waals surface area contributed by atoms with Crippen molar-refractivity contribution >= 4 is 11.8 Å². The Hall–Kier alpha value is -0.830. The summed E-state index contributed by atoms with van der Waals surface area (Å²) >= 11 is 1.66. The summed E-state index contributed by atoms with van der Waals surface area (Å²) in [4.78, 5) is 1.11. The van der Waals surface area contributed by atoms with Crippen LogP contribution in [-0.2, 0) is 6.42 Å². The van der Waals surface area contributed by atoms with Crippen molar-refractivity contribution in [3.63, 3.8) is 0 Å². The molecule has 0 aromatic heterocycles. The van der Waals surface area contributed by atoms with Gasteiger partial charge in [-0.15, -0.1) is 11.8 Å². The monoisotopic (exact) mass is 212 g/mol. The summed E-state index contributed by atoms with van der Waals surface area (Å²) < 4.78 is 10.6. The Labute approximate surface area is 89.6 Å². The predicted molar refractivity (Wildman–Crippen MR) is 60.7 cm³/mol. The maximum atomic E-state index is 5.31. The molecule has 3 heteroatoms. The molecule has 78 valence electrons. The molecule has 0 aliphatic rings. The number of benzene rings is 1. The van der Waals surface area contributed by atoms with Crippen molar-refractivity contribution in [2.24, 2.45) is 0 Å². The Kier molecular flexibility index (Phi) is 4.14. The Morgan fingerprint density at radius 2 is 1.79 bits per heavy atom. The maximum absolute atomic E-state index is 5.31. The second-order valence-electron chi connectivity index (χ2n) is 2.87. The van der Waals surface area contributed by atoms with Crippen LogP contribution in [0.3, 0.4) is 0 Å². The van der Waals surface area contributed by atoms with Crippen molar-refractivity contribution in [2.45, 2.75) is 18.2 Å². The number of ether oxygens (including phenoxy) is 2. The zero-order valence-corrected chi connectivity index (χ0v) is 9.90. The average Bonchev–Trinajstić information content (AvgIpc) is 2.26. The zero-order chi connectivity index (χ0) is 10.6. The van der Waals surface area contributed by atoms with E-state index in [4.69, 9.17) is 9.47 Å². The van der Waals surface area contributed by atoms with Gasteiger partial charge in [-0.2, -0.15) is 0 Å². The van der Waals surface area contributed by atoms with Crippen LogP contribution < -0.4 is 9.47 Å². The molecule has 2 nitrogen and oxygen atoms in total. The molecule has 0 saturated heterocycles. The van der Waals surface area contributed by atoms with E-state index in [-0.39, 0.29) is 0 Å². The lowest BCUT2D eigenvalue weighted by Crippen LogP contribution is -1.94. The van der Waals surface area contributed by atoms with Crippen LogP contribution in [0.4, 0.5) is 0 Å². The maximum Gasteiger partial charge on any atom is 0.132 e. The van der Waals surface area contributed by atoms with Gasteiger partial charge >= 0.3 is 0 Å². The van der Waals surface area contributed by atoms with Crippen LogP contribution in [-0.4, -0.2) is 20.5 Å². The third-order valence-corrected chi connectivity index (χ3v) is 2.93. The molecule has 0 unspecified atom stereocenters. The lowest BCUT2D eigenvalue weighted by Gasteiger charge is -2.12. The number of aryl methyl sites for hydroxylation is 1. The molecular formula is C11H16O2S. The minimum atomic E-state index is 0.926. The molecular weight excluding hydrogens is 196 g/mol. The molecule has 0 fully saturated rings. The van der Waals surface area contributed by atoms with Crippen molar-refractivity contribution in [1.82, 2.24) is 0 Å². The average molecular weight is 212 g/mol. The first-order valence-corrected chi connectivity index (χ1v) is 5.78. The molecule has 1 rings (SSSR count). The van der Waals surface area contributed by atoms with Crippen LogP contribution in [0.5, 0.6) is 11.5 Å². The van der Waals surface area contributed by atoms with Gasteiger partial charge in [-0.05, 0) is 30.4 Å². The van der Waals surface area contributed by atoms with Gasteiger partial charge in [0.25, 0.3) is 0 Å². The molecule has 14 heavy (non-hydrogen) atoms. The molecule has 1 aromatic rings. The molecule has 0 atom stereocenters. The first-order chi connectivity index (χ1) is 6.76. The molecule has 0 bridgehead atoms. The molecule has 0 saturated carbocycles. The van der Waals surface area contributed by atoms with Crippen LogP contribution in [0, 0.1) is 0 Å². The standard InChI is InChI=1S/C11H16O2S/c1-5-8-6-10(13-3)11(14-4)7-9(8)12-2/h6-7H,5H2,1-4H3. The van der Waals surface area contributed by atoms with E-state index in [9.17, 15) is 0 Å². The van der Waals surface area contributed by atoms with Crippen molar-refractivity contribution in [3.05, 3.63) is 17.7 Å². The van der Waals surface area contributed by atoms with Crippen LogP contribution in [0.15, 0.2) is 17.0 Å². The summed E-state index contributed by atoms with van der Waals surface area (Å²) in [5, 5.41) is 0. The van der Waals surface area contributed by atoms with Gasteiger partial charge < -0.3 is 9.47 Å². The summed E-state index contributed by atoms with van der Waals surface area (Å²) in [5.74, 6) is 1.87. The largest absolute Gasteiger partial charge is 0.496 e. The molecule has 0 spiro atoms. The summed E-state index contributed by atoms with van der Waals surface area (Å²) in [6, 6.07) is 4.08. The topological polar surface area (TPSA) is 18.5 Å². The molecule has 1 aromatic carbocycles. The van der Waals surface area contributed by atoms with E-state index in [0.29, 0.717) is 0 Å². The fraction of sp³-hybridized carbons (Fsp3) is 0.455. The first-order valence-electron chi connectivity index (χ1n) is 4.55. The highest BCUT2D eigenvalue weighted by atomic mass is 32.2. The third kappa shape index (κ3) is 2.15. The molecule has 0 N–H and O–H groups in total.